The summed E-state index contributed by atoms with van der Waals surface area (Å²) in [5, 5.41) is 2.68. The molecule has 0 spiro atoms. The van der Waals surface area contributed by atoms with Crippen LogP contribution in [0.15, 0.2) is 34.8 Å². The van der Waals surface area contributed by atoms with Crippen molar-refractivity contribution in [3.8, 4) is 5.75 Å². The molecule has 0 amide bonds. The Bertz CT molecular complexity index is 682. The number of hydrogen-bond acceptors (Lipinski definition) is 2. The highest BCUT2D eigenvalue weighted by Crippen LogP contribution is 2.38. The molecule has 0 aliphatic heterocycles. The van der Waals surface area contributed by atoms with Crippen molar-refractivity contribution in [2.75, 3.05) is 13.7 Å². The van der Waals surface area contributed by atoms with Crippen LogP contribution in [0.3, 0.4) is 0 Å². The fourth-order valence-corrected chi connectivity index (χ4v) is 3.30. The summed E-state index contributed by atoms with van der Waals surface area (Å²) in [6.07, 6.45) is 0.00171. The lowest BCUT2D eigenvalue weighted by molar-refractivity contribution is 0.0494. The van der Waals surface area contributed by atoms with Gasteiger partial charge in [0.1, 0.15) is 5.75 Å². The Hall–Kier alpha value is -0.843. The second kappa shape index (κ2) is 7.37. The average Bonchev–Trinajstić information content (AvgIpc) is 2.51. The molecule has 2 nitrogen and oxygen atoms in total. The molecule has 1 unspecified atom stereocenters. The molecule has 0 heterocycles. The van der Waals surface area contributed by atoms with E-state index >= 15 is 0 Å². The summed E-state index contributed by atoms with van der Waals surface area (Å²) in [6.45, 7) is 12.3. The molecule has 0 N–H and O–H groups in total. The number of ether oxygens (including phenoxy) is 2. The van der Waals surface area contributed by atoms with Crippen LogP contribution >= 0.6 is 15.9 Å². The molecular weight excluding hydrogens is 368 g/mol. The molecule has 23 heavy (non-hydrogen) atoms. The van der Waals surface area contributed by atoms with Gasteiger partial charge >= 0.3 is 0 Å². The molecule has 2 aromatic carbocycles. The van der Waals surface area contributed by atoms with Crippen LogP contribution < -0.4 is 4.74 Å². The first-order valence-electron chi connectivity index (χ1n) is 8.14. The number of halogens is 1. The van der Waals surface area contributed by atoms with Crippen molar-refractivity contribution in [3.63, 3.8) is 0 Å². The quantitative estimate of drug-likeness (QED) is 0.562. The van der Waals surface area contributed by atoms with E-state index in [4.69, 9.17) is 9.47 Å². The smallest absolute Gasteiger partial charge is 0.125 e. The Kier molecular flexibility index (Phi) is 5.92. The highest BCUT2D eigenvalue weighted by molar-refractivity contribution is 9.10. The Morgan fingerprint density at radius 1 is 1.17 bits per heavy atom. The van der Waals surface area contributed by atoms with Gasteiger partial charge in [-0.1, -0.05) is 55.0 Å². The van der Waals surface area contributed by atoms with Gasteiger partial charge in [0.25, 0.3) is 0 Å². The summed E-state index contributed by atoms with van der Waals surface area (Å²) in [5.74, 6) is 0.895. The van der Waals surface area contributed by atoms with E-state index in [2.05, 4.69) is 74.1 Å². The molecule has 0 bridgehead atoms. The lowest BCUT2D eigenvalue weighted by atomic mass is 9.99. The summed E-state index contributed by atoms with van der Waals surface area (Å²) < 4.78 is 13.0. The van der Waals surface area contributed by atoms with Crippen LogP contribution in [-0.4, -0.2) is 22.5 Å². The number of rotatable bonds is 6. The number of benzene rings is 2. The molecule has 0 aliphatic carbocycles. The van der Waals surface area contributed by atoms with Crippen LogP contribution in [0.2, 0.25) is 18.1 Å². The molecule has 0 fully saturated rings. The van der Waals surface area contributed by atoms with Gasteiger partial charge in [-0.25, -0.2) is 0 Å². The summed E-state index contributed by atoms with van der Waals surface area (Å²) >= 11 is 3.54. The van der Waals surface area contributed by atoms with E-state index in [1.807, 2.05) is 6.07 Å². The molecule has 126 valence electrons. The molecule has 0 aliphatic rings. The zero-order valence-electron chi connectivity index (χ0n) is 14.9. The predicted molar refractivity (Wildman–Crippen MR) is 105 cm³/mol. The van der Waals surface area contributed by atoms with Gasteiger partial charge in [0.2, 0.25) is 0 Å². The first kappa shape index (κ1) is 18.5. The molecular formula is C19H27BrO2Si. The third kappa shape index (κ3) is 4.17. The van der Waals surface area contributed by atoms with E-state index in [0.717, 1.165) is 22.4 Å². The lowest BCUT2D eigenvalue weighted by Gasteiger charge is -2.30. The maximum atomic E-state index is 6.28. The maximum absolute atomic E-state index is 6.28. The fourth-order valence-electron chi connectivity index (χ4n) is 2.49. The standard InChI is InChI=1S/C19H27BrO2Si/c1-13(22-12-19(2,3)23(5)6)18-16-9-8-15(20)11-14(16)7-10-17(18)21-4/h7-11,13,23H,12H2,1-6H3. The van der Waals surface area contributed by atoms with Crippen LogP contribution in [-0.2, 0) is 4.74 Å². The van der Waals surface area contributed by atoms with Crippen molar-refractivity contribution >= 4 is 35.5 Å². The minimum Gasteiger partial charge on any atom is -0.496 e. The lowest BCUT2D eigenvalue weighted by Crippen LogP contribution is -2.26. The molecule has 0 radical (unpaired) electrons. The van der Waals surface area contributed by atoms with E-state index in [0.29, 0.717) is 0 Å². The zero-order valence-corrected chi connectivity index (χ0v) is 17.7. The molecule has 0 saturated heterocycles. The third-order valence-electron chi connectivity index (χ3n) is 4.88. The van der Waals surface area contributed by atoms with Gasteiger partial charge in [0.15, 0.2) is 0 Å². The zero-order chi connectivity index (χ0) is 17.2. The highest BCUT2D eigenvalue weighted by Gasteiger charge is 2.26. The predicted octanol–water partition coefficient (Wildman–Crippen LogP) is 5.96. The Balaban J connectivity index is 2.37. The Morgan fingerprint density at radius 2 is 1.87 bits per heavy atom. The molecule has 0 aromatic heterocycles. The first-order chi connectivity index (χ1) is 10.8. The fraction of sp³-hybridized carbons (Fsp3) is 0.474. The van der Waals surface area contributed by atoms with E-state index in [9.17, 15) is 0 Å². The topological polar surface area (TPSA) is 18.5 Å². The van der Waals surface area contributed by atoms with E-state index < -0.39 is 8.80 Å². The van der Waals surface area contributed by atoms with Gasteiger partial charge in [-0.05, 0) is 40.9 Å². The first-order valence-corrected chi connectivity index (χ1v) is 11.8. The van der Waals surface area contributed by atoms with Gasteiger partial charge in [-0.3, -0.25) is 0 Å². The SMILES string of the molecule is COc1ccc2cc(Br)ccc2c1C(C)OCC(C)(C)[SiH](C)C. The van der Waals surface area contributed by atoms with Crippen LogP contribution in [0.5, 0.6) is 5.75 Å². The average molecular weight is 395 g/mol. The van der Waals surface area contributed by atoms with Crippen molar-refractivity contribution < 1.29 is 9.47 Å². The van der Waals surface area contributed by atoms with E-state index in [1.165, 1.54) is 10.8 Å². The van der Waals surface area contributed by atoms with Crippen LogP contribution in [0.1, 0.15) is 32.4 Å². The second-order valence-electron chi connectivity index (χ2n) is 7.14. The van der Waals surface area contributed by atoms with Crippen molar-refractivity contribution in [1.82, 2.24) is 0 Å². The third-order valence-corrected chi connectivity index (χ3v) is 8.66. The summed E-state index contributed by atoms with van der Waals surface area (Å²) in [4.78, 5) is 0. The molecule has 2 rings (SSSR count). The highest BCUT2D eigenvalue weighted by atomic mass is 79.9. The van der Waals surface area contributed by atoms with Crippen LogP contribution in [0.4, 0.5) is 0 Å². The molecule has 1 atom stereocenters. The summed E-state index contributed by atoms with van der Waals surface area (Å²) in [6, 6.07) is 10.5. The Morgan fingerprint density at radius 3 is 2.48 bits per heavy atom. The van der Waals surface area contributed by atoms with Gasteiger partial charge < -0.3 is 9.47 Å². The maximum Gasteiger partial charge on any atom is 0.125 e. The number of fused-ring (bicyclic) bond motifs is 1. The number of hydrogen-bond donors (Lipinski definition) is 0. The van der Waals surface area contributed by atoms with E-state index in [1.54, 1.807) is 7.11 Å². The van der Waals surface area contributed by atoms with Crippen molar-refractivity contribution in [3.05, 3.63) is 40.4 Å². The van der Waals surface area contributed by atoms with Crippen molar-refractivity contribution in [2.45, 2.75) is 45.0 Å². The van der Waals surface area contributed by atoms with E-state index in [-0.39, 0.29) is 11.1 Å². The molecule has 0 saturated carbocycles. The van der Waals surface area contributed by atoms with Gasteiger partial charge in [-0.2, -0.15) is 0 Å². The summed E-state index contributed by atoms with van der Waals surface area (Å²) in [7, 11) is 0.953. The minimum atomic E-state index is -0.771. The monoisotopic (exact) mass is 394 g/mol. The second-order valence-corrected chi connectivity index (χ2v) is 11.9. The Labute approximate surface area is 149 Å². The van der Waals surface area contributed by atoms with Crippen LogP contribution in [0, 0.1) is 0 Å². The minimum absolute atomic E-state index is 0.00171. The van der Waals surface area contributed by atoms with Gasteiger partial charge in [-0.15, -0.1) is 0 Å². The van der Waals surface area contributed by atoms with Crippen molar-refractivity contribution in [1.29, 1.82) is 0 Å². The summed E-state index contributed by atoms with van der Waals surface area (Å²) in [5.41, 5.74) is 1.14. The largest absolute Gasteiger partial charge is 0.496 e. The normalized spacial score (nSPS) is 13.6. The van der Waals surface area contributed by atoms with Gasteiger partial charge in [0, 0.05) is 25.4 Å². The van der Waals surface area contributed by atoms with Crippen molar-refractivity contribution in [2.24, 2.45) is 0 Å². The van der Waals surface area contributed by atoms with Crippen LogP contribution in [0.25, 0.3) is 10.8 Å². The molecule has 2 aromatic rings. The van der Waals surface area contributed by atoms with Gasteiger partial charge in [0.05, 0.1) is 13.2 Å². The number of methoxy groups -OCH3 is 1. The molecule has 4 heteroatoms.